The molecule has 0 unspecified atom stereocenters. The number of carbonyl (C=O) groups is 1. The van der Waals surface area contributed by atoms with Crippen molar-refractivity contribution >= 4 is 28.6 Å². The maximum Gasteiger partial charge on any atom is 0.264 e. The van der Waals surface area contributed by atoms with Crippen molar-refractivity contribution in [3.05, 3.63) is 37.5 Å². The molecule has 1 atom stereocenters. The summed E-state index contributed by atoms with van der Waals surface area (Å²) in [5.41, 5.74) is 2.36. The van der Waals surface area contributed by atoms with E-state index in [2.05, 4.69) is 18.0 Å². The number of fused-ring (bicyclic) bond motifs is 1. The number of hydrogen-bond donors (Lipinski definition) is 0. The summed E-state index contributed by atoms with van der Waals surface area (Å²) >= 11 is 3.31. The molecule has 1 amide bonds. The maximum atomic E-state index is 12.6. The summed E-state index contributed by atoms with van der Waals surface area (Å²) in [5, 5.41) is 3.08. The van der Waals surface area contributed by atoms with Gasteiger partial charge in [0.25, 0.3) is 5.91 Å². The largest absolute Gasteiger partial charge is 0.335 e. The van der Waals surface area contributed by atoms with E-state index < -0.39 is 0 Å². The van der Waals surface area contributed by atoms with Crippen molar-refractivity contribution in [1.82, 2.24) is 9.88 Å². The molecule has 3 rings (SSSR count). The monoisotopic (exact) mass is 320 g/mol. The molecule has 0 aliphatic heterocycles. The number of hydrogen-bond acceptors (Lipinski definition) is 4. The minimum absolute atomic E-state index is 0.118. The van der Waals surface area contributed by atoms with Crippen LogP contribution in [0.25, 0.3) is 0 Å². The molecule has 5 heteroatoms. The van der Waals surface area contributed by atoms with E-state index in [4.69, 9.17) is 0 Å². The van der Waals surface area contributed by atoms with Crippen molar-refractivity contribution in [2.75, 3.05) is 7.05 Å². The Morgan fingerprint density at radius 1 is 1.52 bits per heavy atom. The number of aromatic nitrogens is 1. The summed E-state index contributed by atoms with van der Waals surface area (Å²) in [6.45, 7) is 4.87. The van der Waals surface area contributed by atoms with Crippen LogP contribution in [0.5, 0.6) is 0 Å². The fourth-order valence-corrected chi connectivity index (χ4v) is 4.60. The first-order chi connectivity index (χ1) is 10.0. The van der Waals surface area contributed by atoms with Crippen LogP contribution in [0.2, 0.25) is 0 Å². The van der Waals surface area contributed by atoms with Crippen LogP contribution in [-0.4, -0.2) is 22.8 Å². The highest BCUT2D eigenvalue weighted by atomic mass is 32.1. The molecule has 0 aromatic carbocycles. The molecule has 0 saturated heterocycles. The molecule has 2 aromatic rings. The highest BCUT2D eigenvalue weighted by Crippen LogP contribution is 2.32. The number of thiophene rings is 1. The molecule has 112 valence electrons. The molecule has 21 heavy (non-hydrogen) atoms. The van der Waals surface area contributed by atoms with Gasteiger partial charge in [-0.25, -0.2) is 4.98 Å². The van der Waals surface area contributed by atoms with Gasteiger partial charge in [0.2, 0.25) is 0 Å². The Kier molecular flexibility index (Phi) is 4.13. The van der Waals surface area contributed by atoms with Crippen LogP contribution < -0.4 is 0 Å². The lowest BCUT2D eigenvalue weighted by Crippen LogP contribution is -2.25. The summed E-state index contributed by atoms with van der Waals surface area (Å²) in [4.78, 5) is 21.1. The first-order valence-corrected chi connectivity index (χ1v) is 9.00. The fourth-order valence-electron chi connectivity index (χ4n) is 2.79. The van der Waals surface area contributed by atoms with Crippen LogP contribution in [0.1, 0.15) is 44.2 Å². The van der Waals surface area contributed by atoms with E-state index in [1.54, 1.807) is 27.6 Å². The second-order valence-electron chi connectivity index (χ2n) is 5.93. The van der Waals surface area contributed by atoms with Crippen LogP contribution in [0.3, 0.4) is 0 Å². The standard InChI is InChI=1S/C16H20N2OS2/c1-10-4-5-14-12(6-10)7-15(21-14)16(19)18(3)8-13-9-20-11(2)17-13/h7,9-10H,4-6,8H2,1-3H3/t10-/m0/s1. The number of aryl methyl sites for hydroxylation is 2. The third kappa shape index (κ3) is 3.19. The van der Waals surface area contributed by atoms with Crippen LogP contribution in [0.4, 0.5) is 0 Å². The molecular formula is C16H20N2OS2. The minimum Gasteiger partial charge on any atom is -0.335 e. The lowest BCUT2D eigenvalue weighted by Gasteiger charge is -2.16. The topological polar surface area (TPSA) is 33.2 Å². The molecule has 2 aromatic heterocycles. The molecule has 0 saturated carbocycles. The summed E-state index contributed by atoms with van der Waals surface area (Å²) in [7, 11) is 1.86. The van der Waals surface area contributed by atoms with Crippen molar-refractivity contribution < 1.29 is 4.79 Å². The van der Waals surface area contributed by atoms with E-state index in [1.807, 2.05) is 19.4 Å². The lowest BCUT2D eigenvalue weighted by molar-refractivity contribution is 0.0788. The molecule has 1 aliphatic carbocycles. The molecule has 1 aliphatic rings. The molecule has 2 heterocycles. The summed E-state index contributed by atoms with van der Waals surface area (Å²) in [6, 6.07) is 2.11. The predicted molar refractivity (Wildman–Crippen MR) is 88.2 cm³/mol. The number of thiazole rings is 1. The summed E-state index contributed by atoms with van der Waals surface area (Å²) in [6.07, 6.45) is 3.49. The van der Waals surface area contributed by atoms with Gasteiger partial charge >= 0.3 is 0 Å². The van der Waals surface area contributed by atoms with Gasteiger partial charge in [-0.05, 0) is 43.7 Å². The predicted octanol–water partition coefficient (Wildman–Crippen LogP) is 3.91. The van der Waals surface area contributed by atoms with Gasteiger partial charge in [0.1, 0.15) is 0 Å². The van der Waals surface area contributed by atoms with Gasteiger partial charge in [-0.1, -0.05) is 6.92 Å². The fraction of sp³-hybridized carbons (Fsp3) is 0.500. The van der Waals surface area contributed by atoms with Gasteiger partial charge in [-0.15, -0.1) is 22.7 Å². The van der Waals surface area contributed by atoms with Gasteiger partial charge in [0.05, 0.1) is 22.1 Å². The Labute approximate surface area is 133 Å². The first kappa shape index (κ1) is 14.7. The van der Waals surface area contributed by atoms with Gasteiger partial charge in [0, 0.05) is 17.3 Å². The van der Waals surface area contributed by atoms with Crippen LogP contribution in [0, 0.1) is 12.8 Å². The summed E-state index contributed by atoms with van der Waals surface area (Å²) < 4.78 is 0. The minimum atomic E-state index is 0.118. The van der Waals surface area contributed by atoms with Gasteiger partial charge < -0.3 is 4.90 Å². The quantitative estimate of drug-likeness (QED) is 0.859. The number of nitrogens with zero attached hydrogens (tertiary/aromatic N) is 2. The molecule has 3 nitrogen and oxygen atoms in total. The molecule has 0 radical (unpaired) electrons. The number of carbonyl (C=O) groups excluding carboxylic acids is 1. The Balaban J connectivity index is 1.72. The second kappa shape index (κ2) is 5.89. The number of rotatable bonds is 3. The lowest BCUT2D eigenvalue weighted by atomic mass is 9.90. The highest BCUT2D eigenvalue weighted by molar-refractivity contribution is 7.14. The van der Waals surface area contributed by atoms with E-state index in [9.17, 15) is 4.79 Å². The average molecular weight is 320 g/mol. The molecular weight excluding hydrogens is 300 g/mol. The van der Waals surface area contributed by atoms with E-state index in [1.165, 1.54) is 16.9 Å². The van der Waals surface area contributed by atoms with Gasteiger partial charge in [-0.3, -0.25) is 4.79 Å². The van der Waals surface area contributed by atoms with Crippen molar-refractivity contribution in [2.45, 2.75) is 39.7 Å². The maximum absolute atomic E-state index is 12.6. The second-order valence-corrected chi connectivity index (χ2v) is 8.13. The third-order valence-electron chi connectivity index (χ3n) is 3.95. The smallest absolute Gasteiger partial charge is 0.264 e. The van der Waals surface area contributed by atoms with E-state index in [0.717, 1.165) is 34.3 Å². The number of amides is 1. The Hall–Kier alpha value is -1.20. The highest BCUT2D eigenvalue weighted by Gasteiger charge is 2.22. The molecule has 0 spiro atoms. The Bertz CT molecular complexity index is 659. The van der Waals surface area contributed by atoms with Crippen molar-refractivity contribution in [3.8, 4) is 0 Å². The van der Waals surface area contributed by atoms with E-state index >= 15 is 0 Å². The zero-order valence-corrected chi connectivity index (χ0v) is 14.3. The van der Waals surface area contributed by atoms with Gasteiger partial charge in [0.15, 0.2) is 0 Å². The van der Waals surface area contributed by atoms with Crippen molar-refractivity contribution in [1.29, 1.82) is 0 Å². The Morgan fingerprint density at radius 2 is 2.33 bits per heavy atom. The van der Waals surface area contributed by atoms with E-state index in [0.29, 0.717) is 6.54 Å². The van der Waals surface area contributed by atoms with Crippen LogP contribution >= 0.6 is 22.7 Å². The normalized spacial score (nSPS) is 17.6. The first-order valence-electron chi connectivity index (χ1n) is 7.31. The van der Waals surface area contributed by atoms with Crippen molar-refractivity contribution in [2.24, 2.45) is 5.92 Å². The molecule has 0 bridgehead atoms. The zero-order chi connectivity index (χ0) is 15.0. The Morgan fingerprint density at radius 3 is 3.05 bits per heavy atom. The SMILES string of the molecule is Cc1nc(CN(C)C(=O)c2cc3c(s2)CC[C@H](C)C3)cs1. The van der Waals surface area contributed by atoms with Crippen LogP contribution in [0.15, 0.2) is 11.4 Å². The van der Waals surface area contributed by atoms with Crippen LogP contribution in [-0.2, 0) is 19.4 Å². The zero-order valence-electron chi connectivity index (χ0n) is 12.7. The summed E-state index contributed by atoms with van der Waals surface area (Å²) in [5.74, 6) is 0.860. The third-order valence-corrected chi connectivity index (χ3v) is 6.00. The average Bonchev–Trinajstić information content (AvgIpc) is 3.03. The van der Waals surface area contributed by atoms with Gasteiger partial charge in [-0.2, -0.15) is 0 Å². The molecule has 0 fully saturated rings. The van der Waals surface area contributed by atoms with Crippen molar-refractivity contribution in [3.63, 3.8) is 0 Å². The van der Waals surface area contributed by atoms with E-state index in [-0.39, 0.29) is 5.91 Å². The molecule has 0 N–H and O–H groups in total.